The summed E-state index contributed by atoms with van der Waals surface area (Å²) in [4.78, 5) is 33.9. The van der Waals surface area contributed by atoms with E-state index in [9.17, 15) is 27.1 Å². The van der Waals surface area contributed by atoms with E-state index in [0.717, 1.165) is 23.9 Å². The second kappa shape index (κ2) is 13.0. The Hall–Kier alpha value is -4.48. The van der Waals surface area contributed by atoms with Crippen molar-refractivity contribution < 1.29 is 27.1 Å². The van der Waals surface area contributed by atoms with Crippen LogP contribution in [0.25, 0.3) is 27.5 Å². The maximum absolute atomic E-state index is 14.5. The SMILES string of the molecule is CC(=O)N[C@@H](Cc1cc(F)cc(F)c1)c1nc2cc(N3C[C@@H](N)O[C@@H](C)C3)ccc2c(=O)n1-c1ccc(Cl)c2c(NS(=O)[O-])n[nH]c12. The van der Waals surface area contributed by atoms with Crippen LogP contribution in [0.5, 0.6) is 0 Å². The molecule has 5 N–H and O–H groups in total. The number of carbonyl (C=O) groups excluding carboxylic acids is 1. The highest BCUT2D eigenvalue weighted by molar-refractivity contribution is 7.80. The average molecular weight is 686 g/mol. The first-order valence-electron chi connectivity index (χ1n) is 14.4. The summed E-state index contributed by atoms with van der Waals surface area (Å²) in [6.07, 6.45) is -0.826. The Kier molecular flexibility index (Phi) is 8.95. The molecular weight excluding hydrogens is 658 g/mol. The van der Waals surface area contributed by atoms with Crippen LogP contribution in [-0.2, 0) is 27.2 Å². The lowest BCUT2D eigenvalue weighted by molar-refractivity contribution is -0.119. The number of nitrogens with two attached hydrogens (primary N) is 1. The van der Waals surface area contributed by atoms with E-state index in [0.29, 0.717) is 13.1 Å². The molecule has 4 atom stereocenters. The molecule has 1 aliphatic heterocycles. The van der Waals surface area contributed by atoms with Gasteiger partial charge in [0.25, 0.3) is 5.56 Å². The van der Waals surface area contributed by atoms with Crippen molar-refractivity contribution in [2.75, 3.05) is 22.7 Å². The highest BCUT2D eigenvalue weighted by Gasteiger charge is 2.27. The minimum Gasteiger partial charge on any atom is -0.755 e. The van der Waals surface area contributed by atoms with E-state index < -0.39 is 46.6 Å². The molecule has 1 fully saturated rings. The molecule has 3 aromatic carbocycles. The smallest absolute Gasteiger partial charge is 0.266 e. The molecule has 1 aliphatic rings. The second-order valence-corrected chi connectivity index (χ2v) is 12.2. The zero-order valence-electron chi connectivity index (χ0n) is 24.9. The summed E-state index contributed by atoms with van der Waals surface area (Å²) in [5.74, 6) is -2.22. The van der Waals surface area contributed by atoms with Crippen LogP contribution >= 0.6 is 11.6 Å². The summed E-state index contributed by atoms with van der Waals surface area (Å²) < 4.78 is 60.4. The van der Waals surface area contributed by atoms with Crippen LogP contribution in [0.4, 0.5) is 20.3 Å². The van der Waals surface area contributed by atoms with Crippen LogP contribution in [0.15, 0.2) is 53.3 Å². The van der Waals surface area contributed by atoms with Gasteiger partial charge in [0, 0.05) is 42.9 Å². The molecule has 0 bridgehead atoms. The molecule has 17 heteroatoms. The van der Waals surface area contributed by atoms with E-state index in [1.54, 1.807) is 18.2 Å². The van der Waals surface area contributed by atoms with Gasteiger partial charge in [-0.2, -0.15) is 5.10 Å². The first-order valence-corrected chi connectivity index (χ1v) is 15.8. The standard InChI is InChI=1S/C30H29ClF2N8O5S/c1-14-12-40(13-25(34)46-14)19-3-4-20-22(11-19)36-29(23(35-15(2)42)9-16-7-17(32)10-18(33)8-16)41(30(20)43)24-6-5-21(31)26-27(24)37-38-28(26)39-47(44)45/h3-8,10-11,14,23,25H,9,12-13,34H2,1-2H3,(H,35,42)(H,44,45)(H2,37,38,39)/p-1/t14-,23-,25-/m0/s1. The lowest BCUT2D eigenvalue weighted by atomic mass is 10.0. The van der Waals surface area contributed by atoms with Gasteiger partial charge in [0.2, 0.25) is 5.91 Å². The van der Waals surface area contributed by atoms with Crippen molar-refractivity contribution in [1.82, 2.24) is 25.1 Å². The zero-order valence-corrected chi connectivity index (χ0v) is 26.5. The fourth-order valence-electron chi connectivity index (χ4n) is 5.89. The Bertz CT molecular complexity index is 2080. The molecule has 6 rings (SSSR count). The molecule has 1 unspecified atom stereocenters. The monoisotopic (exact) mass is 685 g/mol. The zero-order chi connectivity index (χ0) is 33.6. The number of hydrogen-bond donors (Lipinski definition) is 4. The lowest BCUT2D eigenvalue weighted by Crippen LogP contribution is -2.50. The number of morpholine rings is 1. The number of carbonyl (C=O) groups is 1. The van der Waals surface area contributed by atoms with E-state index in [1.807, 2.05) is 11.8 Å². The predicted molar refractivity (Wildman–Crippen MR) is 172 cm³/mol. The third-order valence-electron chi connectivity index (χ3n) is 7.65. The molecule has 0 spiro atoms. The minimum absolute atomic E-state index is 0.0201. The largest absolute Gasteiger partial charge is 0.755 e. The second-order valence-electron chi connectivity index (χ2n) is 11.2. The molecule has 1 amide bonds. The summed E-state index contributed by atoms with van der Waals surface area (Å²) in [5.41, 5.74) is 7.09. The Morgan fingerprint density at radius 2 is 1.96 bits per heavy atom. The fourth-order valence-corrected chi connectivity index (χ4v) is 6.44. The number of fused-ring (bicyclic) bond motifs is 2. The van der Waals surface area contributed by atoms with E-state index in [-0.39, 0.29) is 62.2 Å². The molecule has 0 saturated carbocycles. The van der Waals surface area contributed by atoms with E-state index >= 15 is 0 Å². The van der Waals surface area contributed by atoms with Crippen LogP contribution < -0.4 is 26.2 Å². The van der Waals surface area contributed by atoms with Crippen molar-refractivity contribution in [1.29, 1.82) is 0 Å². The van der Waals surface area contributed by atoms with Gasteiger partial charge in [-0.25, -0.2) is 13.8 Å². The van der Waals surface area contributed by atoms with Gasteiger partial charge in [-0.1, -0.05) is 11.6 Å². The number of ether oxygens (including phenoxy) is 1. The molecule has 0 aliphatic carbocycles. The number of anilines is 2. The number of hydrogen-bond acceptors (Lipinski definition) is 9. The summed E-state index contributed by atoms with van der Waals surface area (Å²) in [5, 5.41) is 10.0. The van der Waals surface area contributed by atoms with Crippen molar-refractivity contribution >= 4 is 62.1 Å². The molecule has 47 heavy (non-hydrogen) atoms. The lowest BCUT2D eigenvalue weighted by Gasteiger charge is -2.36. The van der Waals surface area contributed by atoms with Crippen LogP contribution in [0.3, 0.4) is 0 Å². The van der Waals surface area contributed by atoms with Gasteiger partial charge in [-0.05, 0) is 55.0 Å². The van der Waals surface area contributed by atoms with Crippen molar-refractivity contribution in [3.05, 3.63) is 86.9 Å². The number of rotatable bonds is 8. The maximum atomic E-state index is 14.5. The van der Waals surface area contributed by atoms with Crippen molar-refractivity contribution in [2.24, 2.45) is 5.73 Å². The third-order valence-corrected chi connectivity index (χ3v) is 8.33. The van der Waals surface area contributed by atoms with Gasteiger partial charge in [0.05, 0.1) is 51.2 Å². The third kappa shape index (κ3) is 6.68. The Balaban J connectivity index is 1.61. The Morgan fingerprint density at radius 3 is 2.64 bits per heavy atom. The highest BCUT2D eigenvalue weighted by atomic mass is 35.5. The normalized spacial score (nSPS) is 18.0. The number of halogens is 3. The van der Waals surface area contributed by atoms with Crippen molar-refractivity contribution in [2.45, 2.75) is 38.6 Å². The number of aromatic amines is 1. The highest BCUT2D eigenvalue weighted by Crippen LogP contribution is 2.34. The Morgan fingerprint density at radius 1 is 1.21 bits per heavy atom. The van der Waals surface area contributed by atoms with Crippen molar-refractivity contribution in [3.63, 3.8) is 0 Å². The van der Waals surface area contributed by atoms with Gasteiger partial charge >= 0.3 is 0 Å². The van der Waals surface area contributed by atoms with Gasteiger partial charge in [-0.3, -0.25) is 28.2 Å². The molecule has 246 valence electrons. The topological polar surface area (TPSA) is 183 Å². The fraction of sp³-hybridized carbons (Fsp3) is 0.267. The summed E-state index contributed by atoms with van der Waals surface area (Å²) in [7, 11) is 0. The van der Waals surface area contributed by atoms with Crippen LogP contribution in [0.2, 0.25) is 5.02 Å². The van der Waals surface area contributed by atoms with E-state index in [2.05, 4.69) is 20.2 Å². The van der Waals surface area contributed by atoms with Crippen molar-refractivity contribution in [3.8, 4) is 5.69 Å². The molecule has 13 nitrogen and oxygen atoms in total. The number of aromatic nitrogens is 4. The molecule has 2 aromatic heterocycles. The van der Waals surface area contributed by atoms with Gasteiger partial charge in [-0.15, -0.1) is 0 Å². The predicted octanol–water partition coefficient (Wildman–Crippen LogP) is 3.33. The number of benzene rings is 3. The van der Waals surface area contributed by atoms with Crippen LogP contribution in [0.1, 0.15) is 31.3 Å². The van der Waals surface area contributed by atoms with E-state index in [4.69, 9.17) is 27.1 Å². The average Bonchev–Trinajstić information content (AvgIpc) is 3.40. The maximum Gasteiger partial charge on any atom is 0.266 e. The summed E-state index contributed by atoms with van der Waals surface area (Å²) in [6.45, 7) is 4.09. The number of amides is 1. The molecule has 1 saturated heterocycles. The van der Waals surface area contributed by atoms with E-state index in [1.165, 1.54) is 23.6 Å². The quantitative estimate of drug-likeness (QED) is 0.178. The first kappa shape index (κ1) is 32.5. The van der Waals surface area contributed by atoms with Gasteiger partial charge < -0.3 is 25.2 Å². The van der Waals surface area contributed by atoms with Crippen LogP contribution in [0, 0.1) is 11.6 Å². The van der Waals surface area contributed by atoms with Crippen LogP contribution in [-0.4, -0.2) is 59.8 Å². The minimum atomic E-state index is -2.74. The summed E-state index contributed by atoms with van der Waals surface area (Å²) >= 11 is 3.71. The number of nitrogens with one attached hydrogen (secondary N) is 3. The summed E-state index contributed by atoms with van der Waals surface area (Å²) in [6, 6.07) is 9.97. The van der Waals surface area contributed by atoms with Gasteiger partial charge in [0.1, 0.15) is 23.7 Å². The number of H-pyrrole nitrogens is 1. The molecule has 3 heterocycles. The number of nitrogens with zero attached hydrogens (tertiary/aromatic N) is 4. The first-order chi connectivity index (χ1) is 22.4. The van der Waals surface area contributed by atoms with Gasteiger partial charge in [0.15, 0.2) is 5.82 Å². The molecular formula is C30H28ClF2N8O5S-. The Labute approximate surface area is 273 Å². The molecule has 5 aromatic rings. The molecule has 0 radical (unpaired) electrons.